The molecule has 2 aromatic carbocycles. The van der Waals surface area contributed by atoms with Crippen LogP contribution in [0.5, 0.6) is 5.75 Å². The highest BCUT2D eigenvalue weighted by Crippen LogP contribution is 2.28. The summed E-state index contributed by atoms with van der Waals surface area (Å²) in [7, 11) is 0. The molecule has 0 unspecified atom stereocenters. The smallest absolute Gasteiger partial charge is 0.273 e. The minimum absolute atomic E-state index is 0.0201. The number of nitrogens with zero attached hydrogens (tertiary/aromatic N) is 2. The van der Waals surface area contributed by atoms with Gasteiger partial charge in [-0.05, 0) is 31.2 Å². The van der Waals surface area contributed by atoms with Gasteiger partial charge in [-0.15, -0.1) is 0 Å². The SMILES string of the molecule is CCOc1cccc(-c2nc3ccc([N+](=O)[O-])cc3o2)c1. The molecule has 3 rings (SSSR count). The average Bonchev–Trinajstić information content (AvgIpc) is 2.91. The third-order valence-electron chi connectivity index (χ3n) is 2.97. The predicted molar refractivity (Wildman–Crippen MR) is 77.3 cm³/mol. The summed E-state index contributed by atoms with van der Waals surface area (Å²) in [5.41, 5.74) is 1.71. The first-order valence-electron chi connectivity index (χ1n) is 6.45. The fourth-order valence-electron chi connectivity index (χ4n) is 2.04. The van der Waals surface area contributed by atoms with Gasteiger partial charge in [-0.3, -0.25) is 10.1 Å². The molecule has 6 nitrogen and oxygen atoms in total. The van der Waals surface area contributed by atoms with Gasteiger partial charge in [-0.1, -0.05) is 6.07 Å². The molecule has 0 bridgehead atoms. The second kappa shape index (κ2) is 5.24. The molecule has 106 valence electrons. The largest absolute Gasteiger partial charge is 0.494 e. The van der Waals surface area contributed by atoms with Crippen molar-refractivity contribution in [2.24, 2.45) is 0 Å². The second-order valence-electron chi connectivity index (χ2n) is 4.39. The number of hydrogen-bond donors (Lipinski definition) is 0. The number of aromatic nitrogens is 1. The van der Waals surface area contributed by atoms with E-state index in [1.54, 1.807) is 6.07 Å². The van der Waals surface area contributed by atoms with Crippen molar-refractivity contribution in [1.29, 1.82) is 0 Å². The fourth-order valence-corrected chi connectivity index (χ4v) is 2.04. The molecule has 0 spiro atoms. The summed E-state index contributed by atoms with van der Waals surface area (Å²) in [4.78, 5) is 14.6. The molecule has 0 radical (unpaired) electrons. The Morgan fingerprint density at radius 2 is 2.14 bits per heavy atom. The van der Waals surface area contributed by atoms with Gasteiger partial charge >= 0.3 is 0 Å². The van der Waals surface area contributed by atoms with Gasteiger partial charge < -0.3 is 9.15 Å². The number of oxazole rings is 1. The molecule has 6 heteroatoms. The predicted octanol–water partition coefficient (Wildman–Crippen LogP) is 3.80. The number of hydrogen-bond acceptors (Lipinski definition) is 5. The number of non-ortho nitro benzene ring substituents is 1. The highest BCUT2D eigenvalue weighted by molar-refractivity contribution is 5.78. The van der Waals surface area contributed by atoms with E-state index < -0.39 is 4.92 Å². The van der Waals surface area contributed by atoms with Crippen LogP contribution in [0.1, 0.15) is 6.92 Å². The average molecular weight is 284 g/mol. The van der Waals surface area contributed by atoms with E-state index in [9.17, 15) is 10.1 Å². The highest BCUT2D eigenvalue weighted by Gasteiger charge is 2.13. The molecule has 1 aromatic heterocycles. The monoisotopic (exact) mass is 284 g/mol. The normalized spacial score (nSPS) is 10.7. The van der Waals surface area contributed by atoms with Gasteiger partial charge in [0.15, 0.2) is 5.58 Å². The van der Waals surface area contributed by atoms with Crippen LogP contribution >= 0.6 is 0 Å². The van der Waals surface area contributed by atoms with E-state index in [0.717, 1.165) is 11.3 Å². The molecule has 21 heavy (non-hydrogen) atoms. The molecule has 0 saturated heterocycles. The first-order valence-corrected chi connectivity index (χ1v) is 6.45. The molecule has 3 aromatic rings. The van der Waals surface area contributed by atoms with Crippen LogP contribution in [0.3, 0.4) is 0 Å². The Bertz CT molecular complexity index is 810. The molecule has 0 aliphatic rings. The van der Waals surface area contributed by atoms with E-state index in [-0.39, 0.29) is 5.69 Å². The van der Waals surface area contributed by atoms with Gasteiger partial charge in [-0.25, -0.2) is 4.98 Å². The summed E-state index contributed by atoms with van der Waals surface area (Å²) >= 11 is 0. The van der Waals surface area contributed by atoms with Gasteiger partial charge in [0.05, 0.1) is 17.6 Å². The number of nitro benzene ring substituents is 1. The van der Waals surface area contributed by atoms with Gasteiger partial charge in [0.2, 0.25) is 5.89 Å². The second-order valence-corrected chi connectivity index (χ2v) is 4.39. The Kier molecular flexibility index (Phi) is 3.27. The summed E-state index contributed by atoms with van der Waals surface area (Å²) in [5.74, 6) is 1.13. The number of benzene rings is 2. The minimum Gasteiger partial charge on any atom is -0.494 e. The fraction of sp³-hybridized carbons (Fsp3) is 0.133. The van der Waals surface area contributed by atoms with E-state index in [1.807, 2.05) is 31.2 Å². The van der Waals surface area contributed by atoms with Crippen LogP contribution in [0.4, 0.5) is 5.69 Å². The number of rotatable bonds is 4. The Balaban J connectivity index is 2.04. The zero-order chi connectivity index (χ0) is 14.8. The van der Waals surface area contributed by atoms with Crippen LogP contribution < -0.4 is 4.74 Å². The lowest BCUT2D eigenvalue weighted by Crippen LogP contribution is -1.91. The maximum Gasteiger partial charge on any atom is 0.273 e. The molecule has 0 saturated carbocycles. The molecule has 0 fully saturated rings. The zero-order valence-electron chi connectivity index (χ0n) is 11.3. The van der Waals surface area contributed by atoms with Crippen LogP contribution in [-0.4, -0.2) is 16.5 Å². The standard InChI is InChI=1S/C15H12N2O4/c1-2-20-12-5-3-4-10(8-12)15-16-13-7-6-11(17(18)19)9-14(13)21-15/h3-9H,2H2,1H3. The lowest BCUT2D eigenvalue weighted by atomic mass is 10.2. The number of ether oxygens (including phenoxy) is 1. The van der Waals surface area contributed by atoms with Crippen LogP contribution in [0.25, 0.3) is 22.6 Å². The lowest BCUT2D eigenvalue weighted by Gasteiger charge is -2.03. The quantitative estimate of drug-likeness (QED) is 0.537. The van der Waals surface area contributed by atoms with Crippen molar-refractivity contribution in [2.45, 2.75) is 6.92 Å². The van der Waals surface area contributed by atoms with Gasteiger partial charge in [0.1, 0.15) is 11.3 Å². The summed E-state index contributed by atoms with van der Waals surface area (Å²) in [5, 5.41) is 10.8. The molecule has 0 atom stereocenters. The molecule has 0 aliphatic heterocycles. The Labute approximate surface area is 120 Å². The summed E-state index contributed by atoms with van der Waals surface area (Å²) < 4.78 is 11.0. The highest BCUT2D eigenvalue weighted by atomic mass is 16.6. The molecule has 0 aliphatic carbocycles. The van der Waals surface area contributed by atoms with Crippen LogP contribution in [-0.2, 0) is 0 Å². The number of nitro groups is 1. The third kappa shape index (κ3) is 2.55. The first kappa shape index (κ1) is 13.1. The van der Waals surface area contributed by atoms with Crippen molar-refractivity contribution in [1.82, 2.24) is 4.98 Å². The lowest BCUT2D eigenvalue weighted by molar-refractivity contribution is -0.384. The van der Waals surface area contributed by atoms with Crippen molar-refractivity contribution >= 4 is 16.8 Å². The molecule has 0 N–H and O–H groups in total. The van der Waals surface area contributed by atoms with E-state index in [2.05, 4.69) is 4.98 Å². The van der Waals surface area contributed by atoms with Crippen molar-refractivity contribution in [3.63, 3.8) is 0 Å². The van der Waals surface area contributed by atoms with E-state index >= 15 is 0 Å². The molecule has 0 amide bonds. The molecular formula is C15H12N2O4. The Morgan fingerprint density at radius 3 is 2.90 bits per heavy atom. The van der Waals surface area contributed by atoms with Crippen molar-refractivity contribution in [2.75, 3.05) is 6.61 Å². The van der Waals surface area contributed by atoms with Crippen molar-refractivity contribution in [3.8, 4) is 17.2 Å². The maximum atomic E-state index is 10.8. The van der Waals surface area contributed by atoms with E-state index in [0.29, 0.717) is 23.6 Å². The summed E-state index contributed by atoms with van der Waals surface area (Å²) in [6, 6.07) is 11.7. The molecular weight excluding hydrogens is 272 g/mol. The van der Waals surface area contributed by atoms with Gasteiger partial charge in [0.25, 0.3) is 5.69 Å². The van der Waals surface area contributed by atoms with Gasteiger partial charge in [-0.2, -0.15) is 0 Å². The summed E-state index contributed by atoms with van der Waals surface area (Å²) in [6.45, 7) is 2.48. The van der Waals surface area contributed by atoms with Crippen LogP contribution in [0.15, 0.2) is 46.9 Å². The Hall–Kier alpha value is -2.89. The topological polar surface area (TPSA) is 78.4 Å². The van der Waals surface area contributed by atoms with Crippen molar-refractivity contribution < 1.29 is 14.1 Å². The molecule has 1 heterocycles. The number of fused-ring (bicyclic) bond motifs is 1. The summed E-state index contributed by atoms with van der Waals surface area (Å²) in [6.07, 6.45) is 0. The van der Waals surface area contributed by atoms with Crippen LogP contribution in [0.2, 0.25) is 0 Å². The van der Waals surface area contributed by atoms with Gasteiger partial charge in [0, 0.05) is 11.6 Å². The zero-order valence-corrected chi connectivity index (χ0v) is 11.3. The minimum atomic E-state index is -0.461. The van der Waals surface area contributed by atoms with Crippen molar-refractivity contribution in [3.05, 3.63) is 52.6 Å². The van der Waals surface area contributed by atoms with E-state index in [1.165, 1.54) is 12.1 Å². The van der Waals surface area contributed by atoms with E-state index in [4.69, 9.17) is 9.15 Å². The maximum absolute atomic E-state index is 10.8. The first-order chi connectivity index (χ1) is 10.2. The Morgan fingerprint density at radius 1 is 1.29 bits per heavy atom. The van der Waals surface area contributed by atoms with Crippen LogP contribution in [0, 0.1) is 10.1 Å². The third-order valence-corrected chi connectivity index (χ3v) is 2.97.